The summed E-state index contributed by atoms with van der Waals surface area (Å²) in [5.74, 6) is -9.24. The van der Waals surface area contributed by atoms with Gasteiger partial charge in [0.25, 0.3) is 5.91 Å². The summed E-state index contributed by atoms with van der Waals surface area (Å²) < 4.78 is 67.9. The molecule has 0 aromatic heterocycles. The van der Waals surface area contributed by atoms with Crippen LogP contribution in [0.5, 0.6) is 0 Å². The molecule has 3 aromatic rings. The van der Waals surface area contributed by atoms with Crippen molar-refractivity contribution in [1.82, 2.24) is 5.32 Å². The number of aryl methyl sites for hydroxylation is 1. The fraction of sp³-hybridized carbons (Fsp3) is 0.130. The van der Waals surface area contributed by atoms with Crippen LogP contribution in [0.15, 0.2) is 48.5 Å². The molecule has 1 atom stereocenters. The van der Waals surface area contributed by atoms with Crippen molar-refractivity contribution in [1.29, 1.82) is 0 Å². The van der Waals surface area contributed by atoms with Crippen molar-refractivity contribution >= 4 is 36.1 Å². The van der Waals surface area contributed by atoms with E-state index in [0.717, 1.165) is 4.31 Å². The first kappa shape index (κ1) is 25.0. The zero-order valence-corrected chi connectivity index (χ0v) is 18.7. The molecule has 0 saturated heterocycles. The van der Waals surface area contributed by atoms with Crippen molar-refractivity contribution in [3.8, 4) is 0 Å². The minimum atomic E-state index is -2.09. The highest BCUT2D eigenvalue weighted by Gasteiger charge is 2.23. The van der Waals surface area contributed by atoms with E-state index in [1.807, 2.05) is 0 Å². The molecule has 0 radical (unpaired) electrons. The number of urea groups is 1. The minimum absolute atomic E-state index is 0.123. The number of hydrogen-bond donors (Lipinski definition) is 3. The molecule has 0 saturated carbocycles. The van der Waals surface area contributed by atoms with E-state index in [1.165, 1.54) is 42.5 Å². The van der Waals surface area contributed by atoms with E-state index < -0.39 is 52.6 Å². The van der Waals surface area contributed by atoms with Gasteiger partial charge in [-0.1, -0.05) is 24.9 Å². The second-order valence-corrected chi connectivity index (χ2v) is 7.74. The van der Waals surface area contributed by atoms with Gasteiger partial charge in [0.05, 0.1) is 17.3 Å². The smallest absolute Gasteiger partial charge is 0.330 e. The molecule has 0 fully saturated rings. The normalized spacial score (nSPS) is 11.6. The van der Waals surface area contributed by atoms with Crippen molar-refractivity contribution in [3.63, 3.8) is 0 Å². The Morgan fingerprint density at radius 2 is 1.56 bits per heavy atom. The molecule has 0 heterocycles. The number of rotatable bonds is 5. The van der Waals surface area contributed by atoms with Gasteiger partial charge >= 0.3 is 6.03 Å². The van der Waals surface area contributed by atoms with Gasteiger partial charge in [-0.3, -0.25) is 4.79 Å². The molecular formula is C23H18F5N3O2S. The Kier molecular flexibility index (Phi) is 7.45. The molecule has 0 bridgehead atoms. The van der Waals surface area contributed by atoms with Gasteiger partial charge in [0, 0.05) is 5.69 Å². The topological polar surface area (TPSA) is 61.4 Å². The lowest BCUT2D eigenvalue weighted by Gasteiger charge is -2.22. The number of benzene rings is 3. The average molecular weight is 495 g/mol. The zero-order valence-electron chi connectivity index (χ0n) is 17.8. The molecule has 178 valence electrons. The van der Waals surface area contributed by atoms with Crippen molar-refractivity contribution in [2.75, 3.05) is 9.62 Å². The average Bonchev–Trinajstić information content (AvgIpc) is 2.80. The van der Waals surface area contributed by atoms with E-state index in [1.54, 1.807) is 13.8 Å². The molecule has 0 aliphatic rings. The predicted molar refractivity (Wildman–Crippen MR) is 120 cm³/mol. The summed E-state index contributed by atoms with van der Waals surface area (Å²) >= 11 is 4.20. The highest BCUT2D eigenvalue weighted by molar-refractivity contribution is 7.82. The first-order chi connectivity index (χ1) is 16.0. The van der Waals surface area contributed by atoms with Crippen LogP contribution >= 0.6 is 12.8 Å². The van der Waals surface area contributed by atoms with E-state index in [4.69, 9.17) is 0 Å². The summed E-state index contributed by atoms with van der Waals surface area (Å²) in [6.07, 6.45) is 0. The number of anilines is 2. The van der Waals surface area contributed by atoms with Crippen molar-refractivity contribution in [2.45, 2.75) is 19.9 Å². The summed E-state index contributed by atoms with van der Waals surface area (Å²) in [7, 11) is 0. The standard InChI is InChI=1S/C23H18F5N3O2S/c1-11-9-15(30-22(32)16-10-17(25)20(27)21(28)19(16)26)7-8-18(11)31(34)23(33)29-12(2)13-3-5-14(24)6-4-13/h3-10,12,34H,1-2H3,(H,29,33)(H,30,32). The monoisotopic (exact) mass is 495 g/mol. The number of carbonyl (C=O) groups is 2. The van der Waals surface area contributed by atoms with Crippen LogP contribution in [0.2, 0.25) is 0 Å². The van der Waals surface area contributed by atoms with Crippen molar-refractivity contribution in [3.05, 3.63) is 94.3 Å². The maximum Gasteiger partial charge on any atom is 0.332 e. The Bertz CT molecular complexity index is 1250. The van der Waals surface area contributed by atoms with Gasteiger partial charge in [0.15, 0.2) is 23.3 Å². The van der Waals surface area contributed by atoms with Gasteiger partial charge in [-0.25, -0.2) is 31.1 Å². The lowest BCUT2D eigenvalue weighted by atomic mass is 10.1. The van der Waals surface area contributed by atoms with Gasteiger partial charge in [0.1, 0.15) is 5.82 Å². The predicted octanol–water partition coefficient (Wildman–Crippen LogP) is 6.06. The first-order valence-electron chi connectivity index (χ1n) is 9.79. The van der Waals surface area contributed by atoms with Crippen LogP contribution in [-0.2, 0) is 0 Å². The maximum atomic E-state index is 13.9. The Hall–Kier alpha value is -3.60. The number of hydrogen-bond acceptors (Lipinski definition) is 3. The van der Waals surface area contributed by atoms with Crippen LogP contribution in [0.3, 0.4) is 0 Å². The van der Waals surface area contributed by atoms with E-state index in [0.29, 0.717) is 16.8 Å². The van der Waals surface area contributed by atoms with Gasteiger partial charge in [0.2, 0.25) is 0 Å². The Labute approximate surface area is 197 Å². The van der Waals surface area contributed by atoms with Crippen LogP contribution in [0.1, 0.15) is 34.5 Å². The van der Waals surface area contributed by atoms with Crippen LogP contribution < -0.4 is 14.9 Å². The molecule has 3 rings (SSSR count). The minimum Gasteiger partial charge on any atom is -0.330 e. The highest BCUT2D eigenvalue weighted by Crippen LogP contribution is 2.27. The quantitative estimate of drug-likeness (QED) is 0.174. The lowest BCUT2D eigenvalue weighted by Crippen LogP contribution is -2.36. The SMILES string of the molecule is Cc1cc(NC(=O)c2cc(F)c(F)c(F)c2F)ccc1N(S)C(=O)NC(C)c1ccc(F)cc1. The number of halogens is 5. The third kappa shape index (κ3) is 5.30. The molecular weight excluding hydrogens is 477 g/mol. The second-order valence-electron chi connectivity index (χ2n) is 7.34. The van der Waals surface area contributed by atoms with Gasteiger partial charge < -0.3 is 10.6 Å². The van der Waals surface area contributed by atoms with E-state index >= 15 is 0 Å². The van der Waals surface area contributed by atoms with Gasteiger partial charge in [-0.2, -0.15) is 0 Å². The number of nitrogens with one attached hydrogen (secondary N) is 2. The van der Waals surface area contributed by atoms with Crippen LogP contribution in [0.25, 0.3) is 0 Å². The van der Waals surface area contributed by atoms with Crippen molar-refractivity contribution < 1.29 is 31.5 Å². The van der Waals surface area contributed by atoms with Crippen LogP contribution in [0.4, 0.5) is 38.1 Å². The second kappa shape index (κ2) is 10.1. The summed E-state index contributed by atoms with van der Waals surface area (Å²) in [6, 6.07) is 9.04. The summed E-state index contributed by atoms with van der Waals surface area (Å²) in [5.41, 5.74) is 0.595. The molecule has 0 aliphatic carbocycles. The summed E-state index contributed by atoms with van der Waals surface area (Å²) in [4.78, 5) is 24.8. The van der Waals surface area contributed by atoms with Gasteiger partial charge in [-0.05, 0) is 61.4 Å². The summed E-state index contributed by atoms with van der Waals surface area (Å²) in [5, 5.41) is 4.96. The number of amides is 3. The fourth-order valence-corrected chi connectivity index (χ4v) is 3.38. The molecule has 3 amide bonds. The molecule has 5 nitrogen and oxygen atoms in total. The zero-order chi connectivity index (χ0) is 25.2. The molecule has 1 unspecified atom stereocenters. The lowest BCUT2D eigenvalue weighted by molar-refractivity contribution is 0.102. The third-order valence-electron chi connectivity index (χ3n) is 4.93. The molecule has 2 N–H and O–H groups in total. The summed E-state index contributed by atoms with van der Waals surface area (Å²) in [6.45, 7) is 3.31. The van der Waals surface area contributed by atoms with Gasteiger partial charge in [-0.15, -0.1) is 0 Å². The largest absolute Gasteiger partial charge is 0.332 e. The van der Waals surface area contributed by atoms with Crippen LogP contribution in [-0.4, -0.2) is 11.9 Å². The van der Waals surface area contributed by atoms with Crippen molar-refractivity contribution in [2.24, 2.45) is 0 Å². The van der Waals surface area contributed by atoms with Crippen LogP contribution in [0, 0.1) is 36.0 Å². The fourth-order valence-electron chi connectivity index (χ4n) is 3.10. The maximum absolute atomic E-state index is 13.9. The Morgan fingerprint density at radius 3 is 2.18 bits per heavy atom. The highest BCUT2D eigenvalue weighted by atomic mass is 32.1. The van der Waals surface area contributed by atoms with E-state index in [9.17, 15) is 31.5 Å². The van der Waals surface area contributed by atoms with E-state index in [-0.39, 0.29) is 11.8 Å². The first-order valence-corrected chi connectivity index (χ1v) is 10.2. The number of nitrogens with zero attached hydrogens (tertiary/aromatic N) is 1. The Morgan fingerprint density at radius 1 is 0.912 bits per heavy atom. The Balaban J connectivity index is 1.72. The molecule has 0 spiro atoms. The third-order valence-corrected chi connectivity index (χ3v) is 5.33. The number of carbonyl (C=O) groups excluding carboxylic acids is 2. The molecule has 11 heteroatoms. The van der Waals surface area contributed by atoms with E-state index in [2.05, 4.69) is 23.4 Å². The molecule has 0 aliphatic heterocycles. The number of thiol groups is 1. The molecule has 3 aromatic carbocycles. The molecule has 34 heavy (non-hydrogen) atoms.